The molecule has 1 rings (SSSR count). The molecule has 16 heavy (non-hydrogen) atoms. The maximum absolute atomic E-state index is 12.1. The molecule has 1 amide bonds. The molecule has 0 bridgehead atoms. The van der Waals surface area contributed by atoms with Gasteiger partial charge in [-0.2, -0.15) is 5.26 Å². The Morgan fingerprint density at radius 3 is 2.88 bits per heavy atom. The van der Waals surface area contributed by atoms with Crippen molar-refractivity contribution >= 4 is 28.8 Å². The molecule has 86 valence electrons. The largest absolute Gasteiger partial charge is 0.337 e. The van der Waals surface area contributed by atoms with Crippen LogP contribution in [0.3, 0.4) is 0 Å². The quantitative estimate of drug-likeness (QED) is 0.831. The van der Waals surface area contributed by atoms with E-state index in [1.165, 1.54) is 11.3 Å². The van der Waals surface area contributed by atoms with E-state index >= 15 is 0 Å². The van der Waals surface area contributed by atoms with Crippen LogP contribution in [-0.4, -0.2) is 23.9 Å². The van der Waals surface area contributed by atoms with Gasteiger partial charge in [-0.25, -0.2) is 0 Å². The predicted molar refractivity (Wildman–Crippen MR) is 65.7 cm³/mol. The van der Waals surface area contributed by atoms with E-state index in [0.717, 1.165) is 0 Å². The molecule has 1 aromatic heterocycles. The van der Waals surface area contributed by atoms with Crippen LogP contribution < -0.4 is 0 Å². The number of hydrogen-bond acceptors (Lipinski definition) is 3. The van der Waals surface area contributed by atoms with Crippen LogP contribution in [0, 0.1) is 17.2 Å². The number of nitrogens with zero attached hydrogens (tertiary/aromatic N) is 2. The highest BCUT2D eigenvalue weighted by molar-refractivity contribution is 7.12. The lowest BCUT2D eigenvalue weighted by Gasteiger charge is -2.21. The van der Waals surface area contributed by atoms with E-state index in [1.54, 1.807) is 23.3 Å². The number of carbonyl (C=O) groups is 1. The normalized spacial score (nSPS) is 11.9. The number of nitriles is 1. The smallest absolute Gasteiger partial charge is 0.265 e. The Labute approximate surface area is 104 Å². The third kappa shape index (κ3) is 2.97. The Morgan fingerprint density at radius 1 is 1.75 bits per heavy atom. The van der Waals surface area contributed by atoms with Crippen LogP contribution in [0.15, 0.2) is 11.4 Å². The van der Waals surface area contributed by atoms with Crippen LogP contribution in [0.4, 0.5) is 0 Å². The van der Waals surface area contributed by atoms with Crippen molar-refractivity contribution in [3.8, 4) is 6.07 Å². The van der Waals surface area contributed by atoms with Crippen LogP contribution in [0.2, 0.25) is 5.02 Å². The van der Waals surface area contributed by atoms with Gasteiger partial charge in [-0.1, -0.05) is 11.6 Å². The second-order valence-electron chi connectivity index (χ2n) is 3.47. The first kappa shape index (κ1) is 13.0. The van der Waals surface area contributed by atoms with E-state index in [9.17, 15) is 4.79 Å². The molecule has 0 N–H and O–H groups in total. The van der Waals surface area contributed by atoms with Gasteiger partial charge in [0.25, 0.3) is 5.91 Å². The minimum Gasteiger partial charge on any atom is -0.337 e. The summed E-state index contributed by atoms with van der Waals surface area (Å²) in [6, 6.07) is 3.83. The summed E-state index contributed by atoms with van der Waals surface area (Å²) < 4.78 is 0. The predicted octanol–water partition coefficient (Wildman–Crippen LogP) is 3.02. The van der Waals surface area contributed by atoms with Crippen molar-refractivity contribution in [3.05, 3.63) is 21.3 Å². The fourth-order valence-electron chi connectivity index (χ4n) is 1.32. The highest BCUT2D eigenvalue weighted by atomic mass is 35.5. The van der Waals surface area contributed by atoms with Crippen LogP contribution >= 0.6 is 22.9 Å². The second kappa shape index (κ2) is 5.88. The maximum Gasteiger partial charge on any atom is 0.265 e. The third-order valence-corrected chi connectivity index (χ3v) is 3.52. The van der Waals surface area contributed by atoms with Gasteiger partial charge in [0.1, 0.15) is 4.88 Å². The Bertz CT molecular complexity index is 410. The number of hydrogen-bond donors (Lipinski definition) is 0. The lowest BCUT2D eigenvalue weighted by atomic mass is 10.2. The van der Waals surface area contributed by atoms with Gasteiger partial charge in [0.2, 0.25) is 0 Å². The molecule has 0 saturated carbocycles. The zero-order chi connectivity index (χ0) is 12.1. The summed E-state index contributed by atoms with van der Waals surface area (Å²) in [5.74, 6) is -0.257. The molecule has 0 fully saturated rings. The summed E-state index contributed by atoms with van der Waals surface area (Å²) in [7, 11) is 0. The number of rotatable bonds is 4. The van der Waals surface area contributed by atoms with Gasteiger partial charge >= 0.3 is 0 Å². The molecule has 1 aromatic rings. The van der Waals surface area contributed by atoms with Crippen LogP contribution in [0.1, 0.15) is 23.5 Å². The molecule has 5 heteroatoms. The molecular formula is C11H13ClN2OS. The summed E-state index contributed by atoms with van der Waals surface area (Å²) >= 11 is 7.23. The molecule has 0 aliphatic heterocycles. The summed E-state index contributed by atoms with van der Waals surface area (Å²) in [4.78, 5) is 14.2. The van der Waals surface area contributed by atoms with Crippen LogP contribution in [0.25, 0.3) is 0 Å². The first-order valence-corrected chi connectivity index (χ1v) is 6.27. The van der Waals surface area contributed by atoms with Gasteiger partial charge in [-0.15, -0.1) is 11.3 Å². The zero-order valence-corrected chi connectivity index (χ0v) is 10.8. The number of thiophene rings is 1. The molecule has 0 spiro atoms. The van der Waals surface area contributed by atoms with Crippen molar-refractivity contribution < 1.29 is 4.79 Å². The number of halogens is 1. The van der Waals surface area contributed by atoms with Crippen molar-refractivity contribution in [2.24, 2.45) is 5.92 Å². The van der Waals surface area contributed by atoms with Gasteiger partial charge < -0.3 is 4.90 Å². The van der Waals surface area contributed by atoms with E-state index in [2.05, 4.69) is 6.07 Å². The number of amides is 1. The fraction of sp³-hybridized carbons (Fsp3) is 0.455. The first-order chi connectivity index (χ1) is 7.60. The van der Waals surface area contributed by atoms with Gasteiger partial charge in [0.15, 0.2) is 0 Å². The van der Waals surface area contributed by atoms with Gasteiger partial charge in [0.05, 0.1) is 17.0 Å². The van der Waals surface area contributed by atoms with E-state index in [0.29, 0.717) is 23.0 Å². The van der Waals surface area contributed by atoms with Crippen molar-refractivity contribution in [2.75, 3.05) is 13.1 Å². The SMILES string of the molecule is CCN(CC(C)C#N)C(=O)c1sccc1Cl. The Kier molecular flexibility index (Phi) is 4.78. The van der Waals surface area contributed by atoms with Gasteiger partial charge in [0, 0.05) is 13.1 Å². The highest BCUT2D eigenvalue weighted by Gasteiger charge is 2.19. The first-order valence-electron chi connectivity index (χ1n) is 5.02. The number of carbonyl (C=O) groups excluding carboxylic acids is 1. The zero-order valence-electron chi connectivity index (χ0n) is 9.24. The summed E-state index contributed by atoms with van der Waals surface area (Å²) in [6.07, 6.45) is 0. The summed E-state index contributed by atoms with van der Waals surface area (Å²) in [5.41, 5.74) is 0. The molecule has 0 saturated heterocycles. The van der Waals surface area contributed by atoms with E-state index < -0.39 is 0 Å². The van der Waals surface area contributed by atoms with Crippen molar-refractivity contribution in [1.29, 1.82) is 5.26 Å². The van der Waals surface area contributed by atoms with E-state index in [-0.39, 0.29) is 11.8 Å². The summed E-state index contributed by atoms with van der Waals surface area (Å²) in [6.45, 7) is 4.72. The lowest BCUT2D eigenvalue weighted by Crippen LogP contribution is -2.34. The van der Waals surface area contributed by atoms with Gasteiger partial charge in [-0.3, -0.25) is 4.79 Å². The van der Waals surface area contributed by atoms with Crippen LogP contribution in [0.5, 0.6) is 0 Å². The molecule has 3 nitrogen and oxygen atoms in total. The van der Waals surface area contributed by atoms with Crippen molar-refractivity contribution in [1.82, 2.24) is 4.90 Å². The van der Waals surface area contributed by atoms with Crippen LogP contribution in [-0.2, 0) is 0 Å². The van der Waals surface area contributed by atoms with E-state index in [4.69, 9.17) is 16.9 Å². The molecule has 0 aromatic carbocycles. The second-order valence-corrected chi connectivity index (χ2v) is 4.79. The maximum atomic E-state index is 12.1. The Hall–Kier alpha value is -1.05. The van der Waals surface area contributed by atoms with Crippen molar-refractivity contribution in [2.45, 2.75) is 13.8 Å². The molecule has 0 radical (unpaired) electrons. The average Bonchev–Trinajstić information content (AvgIpc) is 2.71. The topological polar surface area (TPSA) is 44.1 Å². The third-order valence-electron chi connectivity index (χ3n) is 2.19. The van der Waals surface area contributed by atoms with Gasteiger partial charge in [-0.05, 0) is 25.3 Å². The monoisotopic (exact) mass is 256 g/mol. The minimum absolute atomic E-state index is 0.0930. The van der Waals surface area contributed by atoms with E-state index in [1.807, 2.05) is 6.92 Å². The molecule has 1 unspecified atom stereocenters. The van der Waals surface area contributed by atoms with Crippen molar-refractivity contribution in [3.63, 3.8) is 0 Å². The molecular weight excluding hydrogens is 244 g/mol. The molecule has 1 heterocycles. The minimum atomic E-state index is -0.164. The lowest BCUT2D eigenvalue weighted by molar-refractivity contribution is 0.0758. The average molecular weight is 257 g/mol. The fourth-order valence-corrected chi connectivity index (χ4v) is 2.42. The standard InChI is InChI=1S/C11H13ClN2OS/c1-3-14(7-8(2)6-13)11(15)10-9(12)4-5-16-10/h4-5,8H,3,7H2,1-2H3. The Balaban J connectivity index is 2.79. The molecule has 0 aliphatic carbocycles. The molecule has 0 aliphatic rings. The summed E-state index contributed by atoms with van der Waals surface area (Å²) in [5, 5.41) is 11.0. The Morgan fingerprint density at radius 2 is 2.44 bits per heavy atom. The molecule has 1 atom stereocenters. The highest BCUT2D eigenvalue weighted by Crippen LogP contribution is 2.23.